The third kappa shape index (κ3) is 1.67. The van der Waals surface area contributed by atoms with Crippen LogP contribution in [0, 0.1) is 10.6 Å². The number of halogens is 1. The van der Waals surface area contributed by atoms with E-state index < -0.39 is 0 Å². The van der Waals surface area contributed by atoms with Crippen LogP contribution in [0.15, 0.2) is 18.2 Å². The van der Waals surface area contributed by atoms with Crippen molar-refractivity contribution in [1.82, 2.24) is 9.55 Å². The van der Waals surface area contributed by atoms with Crippen LogP contribution < -0.4 is 0 Å². The van der Waals surface area contributed by atoms with Crippen LogP contribution in [0.3, 0.4) is 0 Å². The average Bonchev–Trinajstić information content (AvgIpc) is 2.53. The standard InChI is InChI=1S/C12H15FN2S/c1-4-12(2,3)15-10-6-5-8(13)7-9(10)14-11(15)16/h5-7H,4H2,1-3H3,(H,14,16). The van der Waals surface area contributed by atoms with Gasteiger partial charge >= 0.3 is 0 Å². The number of benzene rings is 1. The number of aromatic nitrogens is 2. The van der Waals surface area contributed by atoms with Crippen molar-refractivity contribution in [3.63, 3.8) is 0 Å². The number of hydrogen-bond donors (Lipinski definition) is 1. The molecule has 4 heteroatoms. The Labute approximate surface area is 99.1 Å². The molecule has 0 spiro atoms. The Bertz CT molecular complexity index is 580. The fraction of sp³-hybridized carbons (Fsp3) is 0.417. The largest absolute Gasteiger partial charge is 0.330 e. The maximum absolute atomic E-state index is 13.1. The van der Waals surface area contributed by atoms with E-state index in [1.165, 1.54) is 12.1 Å². The third-order valence-corrected chi connectivity index (χ3v) is 3.40. The van der Waals surface area contributed by atoms with Crippen molar-refractivity contribution < 1.29 is 4.39 Å². The van der Waals surface area contributed by atoms with Crippen LogP contribution in [0.2, 0.25) is 0 Å². The molecular weight excluding hydrogens is 223 g/mol. The number of hydrogen-bond acceptors (Lipinski definition) is 1. The normalized spacial score (nSPS) is 12.2. The molecule has 1 aromatic heterocycles. The van der Waals surface area contributed by atoms with E-state index >= 15 is 0 Å². The highest BCUT2D eigenvalue weighted by molar-refractivity contribution is 7.71. The molecule has 0 fully saturated rings. The minimum Gasteiger partial charge on any atom is -0.330 e. The fourth-order valence-corrected chi connectivity index (χ4v) is 2.30. The summed E-state index contributed by atoms with van der Waals surface area (Å²) in [5.74, 6) is -0.245. The molecule has 0 atom stereocenters. The Morgan fingerprint density at radius 2 is 2.12 bits per heavy atom. The Kier molecular flexibility index (Phi) is 2.62. The van der Waals surface area contributed by atoms with Gasteiger partial charge in [-0.1, -0.05) is 6.92 Å². The van der Waals surface area contributed by atoms with E-state index in [-0.39, 0.29) is 11.4 Å². The Balaban J connectivity index is 2.80. The molecule has 0 unspecified atom stereocenters. The Morgan fingerprint density at radius 3 is 2.75 bits per heavy atom. The highest BCUT2D eigenvalue weighted by atomic mass is 32.1. The zero-order chi connectivity index (χ0) is 11.9. The molecule has 2 aromatic rings. The van der Waals surface area contributed by atoms with Crippen LogP contribution in [0.4, 0.5) is 4.39 Å². The molecule has 0 saturated carbocycles. The van der Waals surface area contributed by atoms with Gasteiger partial charge in [0.2, 0.25) is 0 Å². The average molecular weight is 238 g/mol. The lowest BCUT2D eigenvalue weighted by Gasteiger charge is -2.25. The molecule has 16 heavy (non-hydrogen) atoms. The number of rotatable bonds is 2. The van der Waals surface area contributed by atoms with Gasteiger partial charge in [-0.2, -0.15) is 0 Å². The fourth-order valence-electron chi connectivity index (χ4n) is 1.84. The summed E-state index contributed by atoms with van der Waals surface area (Å²) in [5, 5.41) is 0. The first-order valence-corrected chi connectivity index (χ1v) is 5.77. The summed E-state index contributed by atoms with van der Waals surface area (Å²) in [7, 11) is 0. The van der Waals surface area contributed by atoms with Gasteiger partial charge in [-0.05, 0) is 50.7 Å². The second-order valence-corrected chi connectivity index (χ2v) is 4.98. The summed E-state index contributed by atoms with van der Waals surface area (Å²) >= 11 is 5.30. The topological polar surface area (TPSA) is 20.7 Å². The molecule has 0 radical (unpaired) electrons. The monoisotopic (exact) mass is 238 g/mol. The molecular formula is C12H15FN2S. The molecule has 1 aromatic carbocycles. The summed E-state index contributed by atoms with van der Waals surface area (Å²) in [5.41, 5.74) is 1.65. The number of aromatic amines is 1. The lowest BCUT2D eigenvalue weighted by atomic mass is 10.0. The molecule has 86 valence electrons. The summed E-state index contributed by atoms with van der Waals surface area (Å²) in [6.07, 6.45) is 0.964. The van der Waals surface area contributed by atoms with Crippen LogP contribution in [-0.2, 0) is 5.54 Å². The highest BCUT2D eigenvalue weighted by Crippen LogP contribution is 2.26. The second kappa shape index (κ2) is 3.70. The summed E-state index contributed by atoms with van der Waals surface area (Å²) in [6.45, 7) is 6.36. The number of nitrogens with zero attached hydrogens (tertiary/aromatic N) is 1. The third-order valence-electron chi connectivity index (χ3n) is 3.11. The molecule has 0 aliphatic carbocycles. The number of H-pyrrole nitrogens is 1. The van der Waals surface area contributed by atoms with Gasteiger partial charge < -0.3 is 9.55 Å². The van der Waals surface area contributed by atoms with Gasteiger partial charge in [0, 0.05) is 5.54 Å². The van der Waals surface area contributed by atoms with E-state index in [0.717, 1.165) is 17.5 Å². The van der Waals surface area contributed by atoms with Gasteiger partial charge in [0.25, 0.3) is 0 Å². The number of nitrogens with one attached hydrogen (secondary N) is 1. The maximum Gasteiger partial charge on any atom is 0.178 e. The molecule has 1 heterocycles. The molecule has 2 rings (SSSR count). The van der Waals surface area contributed by atoms with E-state index in [4.69, 9.17) is 12.2 Å². The van der Waals surface area contributed by atoms with Crippen molar-refractivity contribution in [1.29, 1.82) is 0 Å². The minimum absolute atomic E-state index is 0.0623. The zero-order valence-electron chi connectivity index (χ0n) is 9.67. The van der Waals surface area contributed by atoms with E-state index in [2.05, 4.69) is 30.3 Å². The van der Waals surface area contributed by atoms with E-state index in [1.807, 2.05) is 0 Å². The van der Waals surface area contributed by atoms with Crippen molar-refractivity contribution in [2.75, 3.05) is 0 Å². The van der Waals surface area contributed by atoms with Crippen LogP contribution in [0.5, 0.6) is 0 Å². The minimum atomic E-state index is -0.245. The number of imidazole rings is 1. The van der Waals surface area contributed by atoms with E-state index in [9.17, 15) is 4.39 Å². The predicted octanol–water partition coefficient (Wildman–Crippen LogP) is 3.98. The van der Waals surface area contributed by atoms with Gasteiger partial charge in [-0.25, -0.2) is 4.39 Å². The highest BCUT2D eigenvalue weighted by Gasteiger charge is 2.21. The molecule has 0 aliphatic heterocycles. The molecule has 0 saturated heterocycles. The molecule has 2 nitrogen and oxygen atoms in total. The molecule has 0 bridgehead atoms. The second-order valence-electron chi connectivity index (χ2n) is 4.59. The first-order chi connectivity index (χ1) is 7.45. The summed E-state index contributed by atoms with van der Waals surface area (Å²) < 4.78 is 15.8. The van der Waals surface area contributed by atoms with Crippen molar-refractivity contribution in [2.45, 2.75) is 32.7 Å². The Hall–Kier alpha value is -1.16. The van der Waals surface area contributed by atoms with Crippen molar-refractivity contribution in [3.8, 4) is 0 Å². The van der Waals surface area contributed by atoms with Gasteiger partial charge in [0.1, 0.15) is 5.82 Å². The van der Waals surface area contributed by atoms with E-state index in [1.54, 1.807) is 6.07 Å². The number of fused-ring (bicyclic) bond motifs is 1. The lowest BCUT2D eigenvalue weighted by molar-refractivity contribution is 0.348. The summed E-state index contributed by atoms with van der Waals surface area (Å²) in [4.78, 5) is 3.05. The summed E-state index contributed by atoms with van der Waals surface area (Å²) in [6, 6.07) is 4.72. The van der Waals surface area contributed by atoms with E-state index in [0.29, 0.717) is 4.77 Å². The predicted molar refractivity (Wildman–Crippen MR) is 66.7 cm³/mol. The van der Waals surface area contributed by atoms with Gasteiger partial charge in [0.15, 0.2) is 4.77 Å². The first kappa shape index (κ1) is 11.3. The van der Waals surface area contributed by atoms with Gasteiger partial charge in [-0.15, -0.1) is 0 Å². The van der Waals surface area contributed by atoms with Crippen molar-refractivity contribution in [2.24, 2.45) is 0 Å². The van der Waals surface area contributed by atoms with Crippen LogP contribution in [0.1, 0.15) is 27.2 Å². The van der Waals surface area contributed by atoms with Crippen LogP contribution in [-0.4, -0.2) is 9.55 Å². The first-order valence-electron chi connectivity index (χ1n) is 5.36. The van der Waals surface area contributed by atoms with Crippen molar-refractivity contribution in [3.05, 3.63) is 28.8 Å². The Morgan fingerprint density at radius 1 is 1.44 bits per heavy atom. The quantitative estimate of drug-likeness (QED) is 0.785. The van der Waals surface area contributed by atoms with Crippen molar-refractivity contribution >= 4 is 23.3 Å². The SMILES string of the molecule is CCC(C)(C)n1c(=S)[nH]c2cc(F)ccc21. The van der Waals surface area contributed by atoms with Gasteiger partial charge in [-0.3, -0.25) is 0 Å². The zero-order valence-corrected chi connectivity index (χ0v) is 10.5. The molecule has 0 aliphatic rings. The maximum atomic E-state index is 13.1. The van der Waals surface area contributed by atoms with Gasteiger partial charge in [0.05, 0.1) is 11.0 Å². The van der Waals surface area contributed by atoms with Crippen LogP contribution in [0.25, 0.3) is 11.0 Å². The molecule has 0 amide bonds. The van der Waals surface area contributed by atoms with Crippen LogP contribution >= 0.6 is 12.2 Å². The lowest BCUT2D eigenvalue weighted by Crippen LogP contribution is -2.25. The molecule has 1 N–H and O–H groups in total. The smallest absolute Gasteiger partial charge is 0.178 e.